The molecule has 3 N–H and O–H groups in total. The number of hydrogen-bond donors (Lipinski definition) is 3. The SMILES string of the molecule is CCC1CCC(CO)CC1.CCC1COC(=O)O1.CCCCCCCO.CCCCCO.CCCCOCCC.CCCOCCC. The van der Waals surface area contributed by atoms with Crippen molar-refractivity contribution in [1.82, 2.24) is 0 Å². The number of aliphatic hydroxyl groups excluding tert-OH is 3. The molecule has 1 heterocycles. The maximum atomic E-state index is 10.2. The molecule has 8 nitrogen and oxygen atoms in total. The molecule has 0 aromatic carbocycles. The van der Waals surface area contributed by atoms with E-state index in [-0.39, 0.29) is 6.10 Å². The van der Waals surface area contributed by atoms with Crippen molar-refractivity contribution in [2.45, 2.75) is 183 Å². The molecular weight excluding hydrogens is 596 g/mol. The highest BCUT2D eigenvalue weighted by atomic mass is 16.8. The fraction of sp³-hybridized carbons (Fsp3) is 0.974. The first-order valence-electron chi connectivity index (χ1n) is 19.7. The molecule has 2 aliphatic rings. The summed E-state index contributed by atoms with van der Waals surface area (Å²) in [5, 5.41) is 25.4. The highest BCUT2D eigenvalue weighted by Crippen LogP contribution is 2.29. The topological polar surface area (TPSA) is 115 Å². The molecule has 1 saturated carbocycles. The lowest BCUT2D eigenvalue weighted by atomic mass is 9.81. The van der Waals surface area contributed by atoms with Crippen LogP contribution in [0.5, 0.6) is 0 Å². The molecule has 47 heavy (non-hydrogen) atoms. The minimum Gasteiger partial charge on any atom is -0.430 e. The third-order valence-electron chi connectivity index (χ3n) is 7.62. The van der Waals surface area contributed by atoms with Gasteiger partial charge in [-0.3, -0.25) is 0 Å². The van der Waals surface area contributed by atoms with Crippen LogP contribution in [0.3, 0.4) is 0 Å². The van der Waals surface area contributed by atoms with Crippen molar-refractivity contribution >= 4 is 6.16 Å². The molecule has 0 aromatic heterocycles. The summed E-state index contributed by atoms with van der Waals surface area (Å²) in [7, 11) is 0. The van der Waals surface area contributed by atoms with Gasteiger partial charge in [-0.25, -0.2) is 4.79 Å². The summed E-state index contributed by atoms with van der Waals surface area (Å²) in [5.74, 6) is 1.59. The summed E-state index contributed by atoms with van der Waals surface area (Å²) in [4.78, 5) is 10.2. The molecule has 0 spiro atoms. The first-order chi connectivity index (χ1) is 22.8. The van der Waals surface area contributed by atoms with Crippen LogP contribution < -0.4 is 0 Å². The van der Waals surface area contributed by atoms with Gasteiger partial charge >= 0.3 is 6.16 Å². The molecule has 8 heteroatoms. The van der Waals surface area contributed by atoms with Crippen molar-refractivity contribution in [3.63, 3.8) is 0 Å². The molecule has 288 valence electrons. The van der Waals surface area contributed by atoms with Gasteiger partial charge in [0.1, 0.15) is 12.7 Å². The Morgan fingerprint density at radius 2 is 1.00 bits per heavy atom. The zero-order chi connectivity index (χ0) is 36.2. The first kappa shape index (κ1) is 52.9. The van der Waals surface area contributed by atoms with Crippen LogP contribution in [0.25, 0.3) is 0 Å². The van der Waals surface area contributed by atoms with E-state index >= 15 is 0 Å². The van der Waals surface area contributed by atoms with E-state index in [1.165, 1.54) is 77.0 Å². The number of ether oxygens (including phenoxy) is 4. The van der Waals surface area contributed by atoms with Gasteiger partial charge in [-0.15, -0.1) is 0 Å². The fourth-order valence-electron chi connectivity index (χ4n) is 4.35. The minimum atomic E-state index is -0.531. The average Bonchev–Trinajstić information content (AvgIpc) is 3.54. The van der Waals surface area contributed by atoms with E-state index in [0.29, 0.717) is 32.3 Å². The van der Waals surface area contributed by atoms with Crippen LogP contribution in [0.1, 0.15) is 177 Å². The third kappa shape index (κ3) is 49.6. The molecule has 2 fully saturated rings. The maximum Gasteiger partial charge on any atom is 0.508 e. The van der Waals surface area contributed by atoms with Crippen molar-refractivity contribution < 1.29 is 39.1 Å². The van der Waals surface area contributed by atoms with Crippen LogP contribution in [0.2, 0.25) is 0 Å². The highest BCUT2D eigenvalue weighted by molar-refractivity contribution is 5.61. The smallest absolute Gasteiger partial charge is 0.430 e. The van der Waals surface area contributed by atoms with Crippen molar-refractivity contribution in [2.24, 2.45) is 11.8 Å². The van der Waals surface area contributed by atoms with Crippen LogP contribution in [-0.4, -0.2) is 80.4 Å². The van der Waals surface area contributed by atoms with E-state index in [0.717, 1.165) is 77.3 Å². The summed E-state index contributed by atoms with van der Waals surface area (Å²) in [6.45, 7) is 22.4. The summed E-state index contributed by atoms with van der Waals surface area (Å²) < 4.78 is 19.5. The Hall–Kier alpha value is -0.930. The number of aliphatic hydroxyl groups is 3. The normalized spacial score (nSPS) is 17.8. The first-order valence-corrected chi connectivity index (χ1v) is 19.7. The molecule has 1 unspecified atom stereocenters. The van der Waals surface area contributed by atoms with Crippen LogP contribution in [0.15, 0.2) is 0 Å². The molecule has 2 rings (SSSR count). The number of carbonyl (C=O) groups excluding carboxylic acids is 1. The van der Waals surface area contributed by atoms with Crippen LogP contribution in [0.4, 0.5) is 4.79 Å². The van der Waals surface area contributed by atoms with Gasteiger partial charge < -0.3 is 34.3 Å². The van der Waals surface area contributed by atoms with Crippen molar-refractivity contribution in [3.05, 3.63) is 0 Å². The van der Waals surface area contributed by atoms with Gasteiger partial charge in [-0.1, -0.05) is 120 Å². The van der Waals surface area contributed by atoms with Gasteiger partial charge in [0.25, 0.3) is 0 Å². The van der Waals surface area contributed by atoms with Crippen LogP contribution in [-0.2, 0) is 18.9 Å². The molecular formula is C39H84O8. The monoisotopic (exact) mass is 681 g/mol. The third-order valence-corrected chi connectivity index (χ3v) is 7.62. The van der Waals surface area contributed by atoms with Gasteiger partial charge in [0.2, 0.25) is 0 Å². The summed E-state index contributed by atoms with van der Waals surface area (Å²) >= 11 is 0. The summed E-state index contributed by atoms with van der Waals surface area (Å²) in [6.07, 6.45) is 22.1. The minimum absolute atomic E-state index is 0.00231. The second kappa shape index (κ2) is 49.5. The Bertz CT molecular complexity index is 483. The Kier molecular flexibility index (Phi) is 55.6. The van der Waals surface area contributed by atoms with E-state index in [4.69, 9.17) is 24.8 Å². The molecule has 1 saturated heterocycles. The molecule has 1 aliphatic heterocycles. The predicted molar refractivity (Wildman–Crippen MR) is 199 cm³/mol. The second-order valence-corrected chi connectivity index (χ2v) is 12.3. The van der Waals surface area contributed by atoms with E-state index in [2.05, 4.69) is 57.9 Å². The molecule has 0 amide bonds. The number of hydrogen-bond acceptors (Lipinski definition) is 8. The number of cyclic esters (lactones) is 2. The van der Waals surface area contributed by atoms with Crippen molar-refractivity contribution in [2.75, 3.05) is 52.9 Å². The molecule has 1 atom stereocenters. The second-order valence-electron chi connectivity index (χ2n) is 12.3. The molecule has 1 aliphatic carbocycles. The van der Waals surface area contributed by atoms with Crippen LogP contribution in [0, 0.1) is 11.8 Å². The lowest BCUT2D eigenvalue weighted by Gasteiger charge is -2.26. The molecule has 0 radical (unpaired) electrons. The lowest BCUT2D eigenvalue weighted by molar-refractivity contribution is 0.117. The molecule has 0 aromatic rings. The van der Waals surface area contributed by atoms with Gasteiger partial charge in [0, 0.05) is 46.2 Å². The zero-order valence-corrected chi connectivity index (χ0v) is 32.7. The average molecular weight is 681 g/mol. The van der Waals surface area contributed by atoms with Gasteiger partial charge in [0.05, 0.1) is 0 Å². The Morgan fingerprint density at radius 3 is 1.34 bits per heavy atom. The standard InChI is InChI=1S/C9H18O.2C7H16O.C6H14O.C5H8O3.C5H12O/c1-2-8-3-5-9(7-10)6-4-8;1-3-5-7-8-6-4-2;1-2-3-4-5-6-7-8;1-3-5-7-6-4-2;1-2-4-3-7-5(6)8-4;1-2-3-4-5-6/h8-10H,2-7H2,1H3;3-7H2,1-2H3;8H,2-7H2,1H3;3-6H2,1-2H3;4H,2-3H2,1H3;6H,2-5H2,1H3. The Morgan fingerprint density at radius 1 is 0.553 bits per heavy atom. The Labute approximate surface area is 293 Å². The highest BCUT2D eigenvalue weighted by Gasteiger charge is 2.22. The molecule has 0 bridgehead atoms. The van der Waals surface area contributed by atoms with Gasteiger partial charge in [-0.05, 0) is 69.6 Å². The van der Waals surface area contributed by atoms with Gasteiger partial charge in [-0.2, -0.15) is 0 Å². The maximum absolute atomic E-state index is 10.2. The number of rotatable bonds is 20. The van der Waals surface area contributed by atoms with E-state index in [9.17, 15) is 4.79 Å². The van der Waals surface area contributed by atoms with Crippen LogP contribution >= 0.6 is 0 Å². The number of unbranched alkanes of at least 4 members (excludes halogenated alkanes) is 7. The van der Waals surface area contributed by atoms with E-state index in [1.54, 1.807) is 0 Å². The van der Waals surface area contributed by atoms with E-state index < -0.39 is 6.16 Å². The van der Waals surface area contributed by atoms with Crippen molar-refractivity contribution in [1.29, 1.82) is 0 Å². The quantitative estimate of drug-likeness (QED) is 0.0860. The number of carbonyl (C=O) groups is 1. The van der Waals surface area contributed by atoms with Gasteiger partial charge in [0.15, 0.2) is 0 Å². The summed E-state index contributed by atoms with van der Waals surface area (Å²) in [6, 6.07) is 0. The largest absolute Gasteiger partial charge is 0.508 e. The lowest BCUT2D eigenvalue weighted by Crippen LogP contribution is -2.16. The van der Waals surface area contributed by atoms with Crippen molar-refractivity contribution in [3.8, 4) is 0 Å². The zero-order valence-electron chi connectivity index (χ0n) is 32.7. The van der Waals surface area contributed by atoms with E-state index in [1.807, 2.05) is 6.92 Å². The summed E-state index contributed by atoms with van der Waals surface area (Å²) in [5.41, 5.74) is 0. The Balaban J connectivity index is -0.000000238. The fourth-order valence-corrected chi connectivity index (χ4v) is 4.35. The predicted octanol–water partition coefficient (Wildman–Crippen LogP) is 10.3.